The molecule has 1 aromatic rings. The zero-order valence-electron chi connectivity index (χ0n) is 13.8. The Morgan fingerprint density at radius 3 is 2.55 bits per heavy atom. The van der Waals surface area contributed by atoms with E-state index in [0.717, 1.165) is 24.6 Å². The number of hydrogen-bond acceptors (Lipinski definition) is 2. The Morgan fingerprint density at radius 1 is 1.20 bits per heavy atom. The molecular formula is C18H31NO. The molecule has 2 nitrogen and oxygen atoms in total. The predicted octanol–water partition coefficient (Wildman–Crippen LogP) is 4.87. The first kappa shape index (κ1) is 17.0. The Labute approximate surface area is 124 Å². The SMILES string of the molecule is CCCNC(CC(C)CCC)c1cc(C)ccc1OC. The van der Waals surface area contributed by atoms with Gasteiger partial charge < -0.3 is 10.1 Å². The molecule has 0 amide bonds. The van der Waals surface area contributed by atoms with Crippen molar-refractivity contribution in [2.45, 2.75) is 59.4 Å². The second kappa shape index (κ2) is 9.02. The zero-order valence-corrected chi connectivity index (χ0v) is 13.8. The van der Waals surface area contributed by atoms with Crippen molar-refractivity contribution < 1.29 is 4.74 Å². The molecule has 0 saturated heterocycles. The van der Waals surface area contributed by atoms with Crippen molar-refractivity contribution in [3.63, 3.8) is 0 Å². The number of nitrogens with one attached hydrogen (secondary N) is 1. The highest BCUT2D eigenvalue weighted by Crippen LogP contribution is 2.31. The third-order valence-corrected chi connectivity index (χ3v) is 3.82. The Kier molecular flexibility index (Phi) is 7.68. The highest BCUT2D eigenvalue weighted by Gasteiger charge is 2.18. The summed E-state index contributed by atoms with van der Waals surface area (Å²) in [5.74, 6) is 1.74. The van der Waals surface area contributed by atoms with Gasteiger partial charge >= 0.3 is 0 Å². The van der Waals surface area contributed by atoms with E-state index in [1.807, 2.05) is 0 Å². The Morgan fingerprint density at radius 2 is 1.95 bits per heavy atom. The van der Waals surface area contributed by atoms with Crippen molar-refractivity contribution in [2.24, 2.45) is 5.92 Å². The lowest BCUT2D eigenvalue weighted by Crippen LogP contribution is -2.24. The van der Waals surface area contributed by atoms with Crippen LogP contribution in [0.25, 0.3) is 0 Å². The minimum Gasteiger partial charge on any atom is -0.496 e. The zero-order chi connectivity index (χ0) is 15.0. The van der Waals surface area contributed by atoms with Crippen molar-refractivity contribution in [2.75, 3.05) is 13.7 Å². The molecule has 0 bridgehead atoms. The number of aryl methyl sites for hydroxylation is 1. The second-order valence-corrected chi connectivity index (χ2v) is 5.88. The standard InChI is InChI=1S/C18H31NO/c1-6-8-14(3)13-17(19-11-7-2)16-12-15(4)9-10-18(16)20-5/h9-10,12,14,17,19H,6-8,11,13H2,1-5H3. The third-order valence-electron chi connectivity index (χ3n) is 3.82. The van der Waals surface area contributed by atoms with E-state index in [2.05, 4.69) is 51.2 Å². The lowest BCUT2D eigenvalue weighted by Gasteiger charge is -2.24. The first-order chi connectivity index (χ1) is 9.62. The van der Waals surface area contributed by atoms with Gasteiger partial charge in [0, 0.05) is 11.6 Å². The number of benzene rings is 1. The van der Waals surface area contributed by atoms with Gasteiger partial charge in [-0.3, -0.25) is 0 Å². The molecule has 0 aromatic heterocycles. The third kappa shape index (κ3) is 5.16. The summed E-state index contributed by atoms with van der Waals surface area (Å²) < 4.78 is 5.56. The maximum absolute atomic E-state index is 5.56. The summed E-state index contributed by atoms with van der Waals surface area (Å²) in [6.45, 7) is 10.0. The molecule has 2 unspecified atom stereocenters. The molecule has 114 valence electrons. The van der Waals surface area contributed by atoms with E-state index in [0.29, 0.717) is 6.04 Å². The average Bonchev–Trinajstić information content (AvgIpc) is 2.43. The lowest BCUT2D eigenvalue weighted by molar-refractivity contribution is 0.365. The quantitative estimate of drug-likeness (QED) is 0.695. The van der Waals surface area contributed by atoms with Crippen LogP contribution in [0.1, 0.15) is 63.6 Å². The van der Waals surface area contributed by atoms with Gasteiger partial charge in [-0.05, 0) is 38.3 Å². The van der Waals surface area contributed by atoms with Gasteiger partial charge in [0.25, 0.3) is 0 Å². The Hall–Kier alpha value is -1.02. The fourth-order valence-electron chi connectivity index (χ4n) is 2.78. The predicted molar refractivity (Wildman–Crippen MR) is 87.5 cm³/mol. The van der Waals surface area contributed by atoms with Gasteiger partial charge in [0.2, 0.25) is 0 Å². The summed E-state index contributed by atoms with van der Waals surface area (Å²) >= 11 is 0. The van der Waals surface area contributed by atoms with Gasteiger partial charge in [0.05, 0.1) is 7.11 Å². The summed E-state index contributed by atoms with van der Waals surface area (Å²) in [5.41, 5.74) is 2.61. The van der Waals surface area contributed by atoms with Crippen LogP contribution in [0.4, 0.5) is 0 Å². The van der Waals surface area contributed by atoms with Gasteiger partial charge in [-0.25, -0.2) is 0 Å². The van der Waals surface area contributed by atoms with Crippen LogP contribution in [0, 0.1) is 12.8 Å². The van der Waals surface area contributed by atoms with Gasteiger partial charge in [-0.1, -0.05) is 51.3 Å². The highest BCUT2D eigenvalue weighted by atomic mass is 16.5. The van der Waals surface area contributed by atoms with Gasteiger partial charge in [-0.2, -0.15) is 0 Å². The van der Waals surface area contributed by atoms with E-state index >= 15 is 0 Å². The smallest absolute Gasteiger partial charge is 0.123 e. The number of hydrogen-bond donors (Lipinski definition) is 1. The number of ether oxygens (including phenoxy) is 1. The normalized spacial score (nSPS) is 14.1. The van der Waals surface area contributed by atoms with Gasteiger partial charge in [0.15, 0.2) is 0 Å². The highest BCUT2D eigenvalue weighted by molar-refractivity contribution is 5.39. The van der Waals surface area contributed by atoms with Crippen LogP contribution in [-0.2, 0) is 0 Å². The van der Waals surface area contributed by atoms with Crippen molar-refractivity contribution in [1.82, 2.24) is 5.32 Å². The first-order valence-corrected chi connectivity index (χ1v) is 8.00. The molecule has 2 atom stereocenters. The molecule has 1 rings (SSSR count). The topological polar surface area (TPSA) is 21.3 Å². The first-order valence-electron chi connectivity index (χ1n) is 8.00. The summed E-state index contributed by atoms with van der Waals surface area (Å²) in [7, 11) is 1.76. The van der Waals surface area contributed by atoms with E-state index < -0.39 is 0 Å². The molecule has 0 aliphatic rings. The molecule has 0 fully saturated rings. The second-order valence-electron chi connectivity index (χ2n) is 5.88. The summed E-state index contributed by atoms with van der Waals surface area (Å²) in [6, 6.07) is 6.88. The molecule has 0 aliphatic carbocycles. The minimum atomic E-state index is 0.395. The lowest BCUT2D eigenvalue weighted by atomic mass is 9.91. The molecule has 0 aliphatic heterocycles. The van der Waals surface area contributed by atoms with Crippen LogP contribution in [-0.4, -0.2) is 13.7 Å². The summed E-state index contributed by atoms with van der Waals surface area (Å²) in [4.78, 5) is 0. The summed E-state index contributed by atoms with van der Waals surface area (Å²) in [5, 5.41) is 3.70. The molecule has 0 saturated carbocycles. The number of methoxy groups -OCH3 is 1. The molecule has 0 spiro atoms. The minimum absolute atomic E-state index is 0.395. The van der Waals surface area contributed by atoms with E-state index in [9.17, 15) is 0 Å². The van der Waals surface area contributed by atoms with E-state index in [1.165, 1.54) is 30.4 Å². The molecule has 2 heteroatoms. The van der Waals surface area contributed by atoms with E-state index in [-0.39, 0.29) is 0 Å². The van der Waals surface area contributed by atoms with Crippen molar-refractivity contribution in [1.29, 1.82) is 0 Å². The van der Waals surface area contributed by atoms with Crippen LogP contribution in [0.5, 0.6) is 5.75 Å². The molecular weight excluding hydrogens is 246 g/mol. The fourth-order valence-corrected chi connectivity index (χ4v) is 2.78. The molecule has 1 N–H and O–H groups in total. The van der Waals surface area contributed by atoms with Crippen LogP contribution in [0.3, 0.4) is 0 Å². The van der Waals surface area contributed by atoms with Crippen LogP contribution >= 0.6 is 0 Å². The Bertz CT molecular complexity index is 389. The monoisotopic (exact) mass is 277 g/mol. The van der Waals surface area contributed by atoms with E-state index in [4.69, 9.17) is 4.74 Å². The van der Waals surface area contributed by atoms with E-state index in [1.54, 1.807) is 7.11 Å². The Balaban J connectivity index is 2.93. The van der Waals surface area contributed by atoms with Gasteiger partial charge in [0.1, 0.15) is 5.75 Å². The van der Waals surface area contributed by atoms with Crippen molar-refractivity contribution in [3.05, 3.63) is 29.3 Å². The molecule has 0 radical (unpaired) electrons. The van der Waals surface area contributed by atoms with Crippen LogP contribution in [0.15, 0.2) is 18.2 Å². The average molecular weight is 277 g/mol. The largest absolute Gasteiger partial charge is 0.496 e. The molecule has 1 aromatic carbocycles. The summed E-state index contributed by atoms with van der Waals surface area (Å²) in [6.07, 6.45) is 4.88. The maximum atomic E-state index is 5.56. The van der Waals surface area contributed by atoms with Crippen LogP contribution < -0.4 is 10.1 Å². The molecule has 0 heterocycles. The number of rotatable bonds is 9. The van der Waals surface area contributed by atoms with Crippen LogP contribution in [0.2, 0.25) is 0 Å². The maximum Gasteiger partial charge on any atom is 0.123 e. The van der Waals surface area contributed by atoms with Gasteiger partial charge in [-0.15, -0.1) is 0 Å². The van der Waals surface area contributed by atoms with Crippen molar-refractivity contribution in [3.8, 4) is 5.75 Å². The van der Waals surface area contributed by atoms with Crippen molar-refractivity contribution >= 4 is 0 Å². The fraction of sp³-hybridized carbons (Fsp3) is 0.667. The molecule has 20 heavy (non-hydrogen) atoms.